The van der Waals surface area contributed by atoms with E-state index in [0.29, 0.717) is 4.57 Å². The Kier molecular flexibility index (Phi) is 3.84. The second-order valence-corrected chi connectivity index (χ2v) is 3.78. The van der Waals surface area contributed by atoms with Gasteiger partial charge in [-0.3, -0.25) is 23.5 Å². The molecule has 0 fully saturated rings. The lowest BCUT2D eigenvalue weighted by Gasteiger charge is -2.07. The van der Waals surface area contributed by atoms with Gasteiger partial charge in [0.2, 0.25) is 0 Å². The van der Waals surface area contributed by atoms with Gasteiger partial charge in [-0.15, -0.1) is 0 Å². The van der Waals surface area contributed by atoms with Crippen molar-refractivity contribution >= 4 is 23.4 Å². The van der Waals surface area contributed by atoms with Crippen molar-refractivity contribution in [3.05, 3.63) is 32.1 Å². The van der Waals surface area contributed by atoms with Crippen molar-refractivity contribution in [3.63, 3.8) is 0 Å². The molecule has 1 rings (SSSR count). The second kappa shape index (κ2) is 4.96. The summed E-state index contributed by atoms with van der Waals surface area (Å²) in [5, 5.41) is 8.25. The fourth-order valence-corrected chi connectivity index (χ4v) is 1.46. The molecule has 0 saturated heterocycles. The minimum Gasteiger partial charge on any atom is -0.480 e. The molecule has 0 bridgehead atoms. The topological polar surface area (TPSA) is 98.4 Å². The van der Waals surface area contributed by atoms with Crippen molar-refractivity contribution in [2.24, 2.45) is 0 Å². The molecule has 0 saturated carbocycles. The number of hydrogen-bond acceptors (Lipinski definition) is 4. The molecule has 1 aromatic rings. The van der Waals surface area contributed by atoms with Crippen LogP contribution in [0.5, 0.6) is 0 Å². The van der Waals surface area contributed by atoms with E-state index in [9.17, 15) is 19.2 Å². The SMILES string of the molecule is CC(=O)Cn1c(=O)c(Cl)cn(CC(=O)O)c1=O. The van der Waals surface area contributed by atoms with Crippen molar-refractivity contribution in [1.82, 2.24) is 9.13 Å². The van der Waals surface area contributed by atoms with E-state index in [-0.39, 0.29) is 5.02 Å². The van der Waals surface area contributed by atoms with Crippen LogP contribution in [0.1, 0.15) is 6.92 Å². The van der Waals surface area contributed by atoms with Crippen LogP contribution in [0.3, 0.4) is 0 Å². The molecule has 1 aromatic heterocycles. The molecule has 17 heavy (non-hydrogen) atoms. The third-order valence-corrected chi connectivity index (χ3v) is 2.14. The molecule has 8 heteroatoms. The van der Waals surface area contributed by atoms with Gasteiger partial charge in [-0.25, -0.2) is 4.79 Å². The van der Waals surface area contributed by atoms with E-state index in [0.717, 1.165) is 10.8 Å². The smallest absolute Gasteiger partial charge is 0.332 e. The van der Waals surface area contributed by atoms with E-state index in [1.54, 1.807) is 0 Å². The standard InChI is InChI=1S/C9H9ClN2O5/c1-5(13)2-12-8(16)6(10)3-11(9(12)17)4-7(14)15/h3H,2,4H2,1H3,(H,14,15). The Morgan fingerprint density at radius 1 is 1.35 bits per heavy atom. The second-order valence-electron chi connectivity index (χ2n) is 3.37. The molecule has 1 N–H and O–H groups in total. The summed E-state index contributed by atoms with van der Waals surface area (Å²) in [6.07, 6.45) is 0.941. The number of Topliss-reactive ketones (excluding diaryl/α,β-unsaturated/α-hetero) is 1. The van der Waals surface area contributed by atoms with Crippen molar-refractivity contribution in [2.45, 2.75) is 20.0 Å². The molecule has 0 aliphatic rings. The summed E-state index contributed by atoms with van der Waals surface area (Å²) in [5.41, 5.74) is -1.69. The lowest BCUT2D eigenvalue weighted by Crippen LogP contribution is -2.42. The Morgan fingerprint density at radius 2 is 1.94 bits per heavy atom. The maximum atomic E-state index is 11.7. The van der Waals surface area contributed by atoms with E-state index in [1.807, 2.05) is 0 Å². The highest BCUT2D eigenvalue weighted by Crippen LogP contribution is 1.97. The molecule has 7 nitrogen and oxygen atoms in total. The number of nitrogens with zero attached hydrogens (tertiary/aromatic N) is 2. The van der Waals surface area contributed by atoms with Crippen LogP contribution in [0.2, 0.25) is 5.02 Å². The van der Waals surface area contributed by atoms with Gasteiger partial charge in [0.15, 0.2) is 0 Å². The van der Waals surface area contributed by atoms with Crippen LogP contribution in [0, 0.1) is 0 Å². The number of aromatic nitrogens is 2. The highest BCUT2D eigenvalue weighted by atomic mass is 35.5. The zero-order valence-corrected chi connectivity index (χ0v) is 9.60. The number of rotatable bonds is 4. The average molecular weight is 261 g/mol. The van der Waals surface area contributed by atoms with Crippen LogP contribution in [0.15, 0.2) is 15.8 Å². The van der Waals surface area contributed by atoms with Gasteiger partial charge in [0, 0.05) is 6.20 Å². The molecule has 0 aliphatic carbocycles. The highest BCUT2D eigenvalue weighted by Gasteiger charge is 2.12. The van der Waals surface area contributed by atoms with Crippen molar-refractivity contribution in [2.75, 3.05) is 0 Å². The van der Waals surface area contributed by atoms with E-state index >= 15 is 0 Å². The molecule has 92 valence electrons. The number of carbonyl (C=O) groups excluding carboxylic acids is 1. The van der Waals surface area contributed by atoms with Crippen molar-refractivity contribution < 1.29 is 14.7 Å². The minimum atomic E-state index is -1.25. The van der Waals surface area contributed by atoms with Gasteiger partial charge < -0.3 is 5.11 Å². The molecule has 0 aliphatic heterocycles. The molecular weight excluding hydrogens is 252 g/mol. The Hall–Kier alpha value is -1.89. The summed E-state index contributed by atoms with van der Waals surface area (Å²) in [7, 11) is 0. The number of carboxylic acids is 1. The molecule has 0 atom stereocenters. The summed E-state index contributed by atoms with van der Waals surface area (Å²) in [5.74, 6) is -1.66. The van der Waals surface area contributed by atoms with Crippen LogP contribution in [0.4, 0.5) is 0 Å². The molecule has 0 aromatic carbocycles. The number of carboxylic acid groups (broad SMARTS) is 1. The van der Waals surface area contributed by atoms with Gasteiger partial charge in [0.05, 0.1) is 6.54 Å². The van der Waals surface area contributed by atoms with Crippen LogP contribution in [0.25, 0.3) is 0 Å². The largest absolute Gasteiger partial charge is 0.480 e. The summed E-state index contributed by atoms with van der Waals surface area (Å²) in [4.78, 5) is 44.5. The van der Waals surface area contributed by atoms with Gasteiger partial charge in [0.1, 0.15) is 17.4 Å². The predicted octanol–water partition coefficient (Wildman–Crippen LogP) is -0.663. The number of carbonyl (C=O) groups is 2. The first-order valence-electron chi connectivity index (χ1n) is 4.54. The normalized spacial score (nSPS) is 10.2. The Balaban J connectivity index is 3.43. The lowest BCUT2D eigenvalue weighted by molar-refractivity contribution is -0.137. The van der Waals surface area contributed by atoms with Crippen LogP contribution >= 0.6 is 11.6 Å². The fourth-order valence-electron chi connectivity index (χ4n) is 1.24. The maximum absolute atomic E-state index is 11.7. The molecule has 0 radical (unpaired) electrons. The first-order valence-corrected chi connectivity index (χ1v) is 4.91. The fraction of sp³-hybridized carbons (Fsp3) is 0.333. The Morgan fingerprint density at radius 3 is 2.41 bits per heavy atom. The van der Waals surface area contributed by atoms with Gasteiger partial charge in [0.25, 0.3) is 5.56 Å². The molecule has 1 heterocycles. The van der Waals surface area contributed by atoms with Gasteiger partial charge >= 0.3 is 11.7 Å². The maximum Gasteiger partial charge on any atom is 0.332 e. The lowest BCUT2D eigenvalue weighted by atomic mass is 10.4. The van der Waals surface area contributed by atoms with Crippen LogP contribution in [-0.4, -0.2) is 26.0 Å². The van der Waals surface area contributed by atoms with Crippen LogP contribution in [-0.2, 0) is 22.7 Å². The summed E-state index contributed by atoms with van der Waals surface area (Å²) in [6.45, 7) is 0.142. The third-order valence-electron chi connectivity index (χ3n) is 1.88. The molecular formula is C9H9ClN2O5. The summed E-state index contributed by atoms with van der Waals surface area (Å²) in [6, 6.07) is 0. The summed E-state index contributed by atoms with van der Waals surface area (Å²) < 4.78 is 1.36. The van der Waals surface area contributed by atoms with Crippen molar-refractivity contribution in [3.8, 4) is 0 Å². The first-order chi connectivity index (χ1) is 7.82. The molecule has 0 unspecified atom stereocenters. The van der Waals surface area contributed by atoms with E-state index < -0.39 is 36.1 Å². The average Bonchev–Trinajstić information content (AvgIpc) is 2.20. The zero-order chi connectivity index (χ0) is 13.2. The first kappa shape index (κ1) is 13.2. The van der Waals surface area contributed by atoms with E-state index in [4.69, 9.17) is 16.7 Å². The Bertz CT molecular complexity index is 586. The minimum absolute atomic E-state index is 0.313. The van der Waals surface area contributed by atoms with Gasteiger partial charge in [-0.2, -0.15) is 0 Å². The number of ketones is 1. The molecule has 0 spiro atoms. The summed E-state index contributed by atoms with van der Waals surface area (Å²) >= 11 is 5.56. The molecule has 0 amide bonds. The van der Waals surface area contributed by atoms with E-state index in [1.165, 1.54) is 6.92 Å². The monoisotopic (exact) mass is 260 g/mol. The predicted molar refractivity (Wildman–Crippen MR) is 58.3 cm³/mol. The van der Waals surface area contributed by atoms with Crippen molar-refractivity contribution in [1.29, 1.82) is 0 Å². The van der Waals surface area contributed by atoms with Gasteiger partial charge in [-0.05, 0) is 6.92 Å². The Labute approximate surface area is 99.9 Å². The van der Waals surface area contributed by atoms with Crippen LogP contribution < -0.4 is 11.2 Å². The number of hydrogen-bond donors (Lipinski definition) is 1. The number of halogens is 1. The zero-order valence-electron chi connectivity index (χ0n) is 8.84. The highest BCUT2D eigenvalue weighted by molar-refractivity contribution is 6.30. The van der Waals surface area contributed by atoms with E-state index in [2.05, 4.69) is 0 Å². The van der Waals surface area contributed by atoms with Gasteiger partial charge in [-0.1, -0.05) is 11.6 Å². The third kappa shape index (κ3) is 3.04. The number of aliphatic carboxylic acids is 1. The quantitative estimate of drug-likeness (QED) is 0.775.